The number of fused-ring (bicyclic) bond motifs is 1. The van der Waals surface area contributed by atoms with Crippen LogP contribution >= 0.6 is 0 Å². The van der Waals surface area contributed by atoms with Gasteiger partial charge in [-0.05, 0) is 27.0 Å². The van der Waals surface area contributed by atoms with E-state index in [2.05, 4.69) is 5.32 Å². The number of ether oxygens (including phenoxy) is 1. The molecule has 1 aromatic carbocycles. The van der Waals surface area contributed by atoms with E-state index >= 15 is 0 Å². The zero-order valence-corrected chi connectivity index (χ0v) is 17.7. The summed E-state index contributed by atoms with van der Waals surface area (Å²) in [6.07, 6.45) is 1.11. The summed E-state index contributed by atoms with van der Waals surface area (Å²) >= 11 is 0. The van der Waals surface area contributed by atoms with Crippen LogP contribution in [-0.2, 0) is 17.8 Å². The fraction of sp³-hybridized carbons (Fsp3) is 0.381. The van der Waals surface area contributed by atoms with E-state index in [4.69, 9.17) is 4.74 Å². The standard InChI is InChI=1S/C13H16N2O5.C8H9F2N/c1-7(2)15-9(20-3)5-14-4-8(6-16)11(17)12(18)10(14)13(15)19;1-11-5-6-2-3-7(9)4-8(6)10/h4,6-7,9,18H,5H2,1-3H3;2-4,11H,5H2,1H3/t9-;/m0./s1. The molecule has 0 saturated carbocycles. The lowest BCUT2D eigenvalue weighted by Gasteiger charge is -2.39. The lowest BCUT2D eigenvalue weighted by atomic mass is 10.1. The molecule has 3 rings (SSSR count). The van der Waals surface area contributed by atoms with Crippen LogP contribution in [-0.4, -0.2) is 53.2 Å². The van der Waals surface area contributed by atoms with Crippen LogP contribution in [0.1, 0.15) is 40.3 Å². The van der Waals surface area contributed by atoms with Crippen molar-refractivity contribution in [2.75, 3.05) is 14.2 Å². The lowest BCUT2D eigenvalue weighted by molar-refractivity contribution is -0.0513. The lowest BCUT2D eigenvalue weighted by Crippen LogP contribution is -2.52. The molecule has 1 aliphatic rings. The molecular weight excluding hydrogens is 412 g/mol. The third kappa shape index (κ3) is 5.15. The second-order valence-corrected chi connectivity index (χ2v) is 7.14. The Labute approximate surface area is 178 Å². The van der Waals surface area contributed by atoms with Crippen molar-refractivity contribution in [1.82, 2.24) is 14.8 Å². The summed E-state index contributed by atoms with van der Waals surface area (Å²) in [6, 6.07) is 3.41. The van der Waals surface area contributed by atoms with Crippen LogP contribution < -0.4 is 10.7 Å². The number of rotatable bonds is 5. The van der Waals surface area contributed by atoms with Gasteiger partial charge in [0.2, 0.25) is 5.43 Å². The predicted octanol–water partition coefficient (Wildman–Crippen LogP) is 1.89. The Balaban J connectivity index is 0.000000262. The molecule has 31 heavy (non-hydrogen) atoms. The van der Waals surface area contributed by atoms with E-state index < -0.39 is 34.9 Å². The highest BCUT2D eigenvalue weighted by Gasteiger charge is 2.36. The number of carbonyl (C=O) groups is 2. The van der Waals surface area contributed by atoms with Crippen LogP contribution in [0.3, 0.4) is 0 Å². The van der Waals surface area contributed by atoms with Gasteiger partial charge < -0.3 is 24.6 Å². The molecule has 2 heterocycles. The maximum Gasteiger partial charge on any atom is 0.276 e. The van der Waals surface area contributed by atoms with Crippen LogP contribution in [0.5, 0.6) is 5.75 Å². The van der Waals surface area contributed by atoms with Crippen LogP contribution in [0, 0.1) is 11.6 Å². The van der Waals surface area contributed by atoms with Gasteiger partial charge in [0, 0.05) is 37.5 Å². The predicted molar refractivity (Wildman–Crippen MR) is 109 cm³/mol. The minimum absolute atomic E-state index is 0.109. The number of nitrogens with zero attached hydrogens (tertiary/aromatic N) is 2. The molecule has 1 atom stereocenters. The number of nitrogens with one attached hydrogen (secondary N) is 1. The van der Waals surface area contributed by atoms with Gasteiger partial charge in [0.25, 0.3) is 5.91 Å². The summed E-state index contributed by atoms with van der Waals surface area (Å²) in [7, 11) is 3.18. The normalized spacial score (nSPS) is 15.4. The molecule has 0 bridgehead atoms. The summed E-state index contributed by atoms with van der Waals surface area (Å²) in [5, 5.41) is 12.7. The molecule has 0 saturated heterocycles. The summed E-state index contributed by atoms with van der Waals surface area (Å²) in [5.41, 5.74) is -0.650. The number of halogens is 2. The number of methoxy groups -OCH3 is 1. The molecule has 2 N–H and O–H groups in total. The Kier molecular flexibility index (Phi) is 8.01. The minimum Gasteiger partial charge on any atom is -0.503 e. The van der Waals surface area contributed by atoms with Gasteiger partial charge >= 0.3 is 0 Å². The van der Waals surface area contributed by atoms with Gasteiger partial charge in [-0.2, -0.15) is 0 Å². The number of aromatic hydroxyl groups is 1. The van der Waals surface area contributed by atoms with Crippen molar-refractivity contribution in [1.29, 1.82) is 0 Å². The van der Waals surface area contributed by atoms with Gasteiger partial charge in [0.15, 0.2) is 24.0 Å². The fourth-order valence-electron chi connectivity index (χ4n) is 3.24. The highest BCUT2D eigenvalue weighted by Crippen LogP contribution is 2.25. The number of pyridine rings is 1. The van der Waals surface area contributed by atoms with Crippen molar-refractivity contribution in [3.05, 3.63) is 63.1 Å². The van der Waals surface area contributed by atoms with E-state index in [-0.39, 0.29) is 23.8 Å². The highest BCUT2D eigenvalue weighted by atomic mass is 19.1. The van der Waals surface area contributed by atoms with Crippen LogP contribution in [0.2, 0.25) is 0 Å². The zero-order valence-electron chi connectivity index (χ0n) is 17.7. The minimum atomic E-state index is -0.834. The van der Waals surface area contributed by atoms with E-state index in [0.717, 1.165) is 6.07 Å². The van der Waals surface area contributed by atoms with Crippen molar-refractivity contribution in [3.63, 3.8) is 0 Å². The Hall–Kier alpha value is -3.11. The average Bonchev–Trinajstić information content (AvgIpc) is 2.72. The molecule has 1 aliphatic heterocycles. The summed E-state index contributed by atoms with van der Waals surface area (Å²) in [5.74, 6) is -2.23. The molecule has 0 fully saturated rings. The third-order valence-corrected chi connectivity index (χ3v) is 4.72. The largest absolute Gasteiger partial charge is 0.503 e. The Bertz CT molecular complexity index is 1020. The number of amides is 1. The molecule has 2 aromatic rings. The summed E-state index contributed by atoms with van der Waals surface area (Å²) < 4.78 is 31.7. The molecule has 10 heteroatoms. The number of aldehydes is 1. The number of hydrogen-bond acceptors (Lipinski definition) is 6. The van der Waals surface area contributed by atoms with Gasteiger partial charge in [-0.15, -0.1) is 0 Å². The van der Waals surface area contributed by atoms with Crippen molar-refractivity contribution in [2.45, 2.75) is 39.2 Å². The Morgan fingerprint density at radius 2 is 2.00 bits per heavy atom. The van der Waals surface area contributed by atoms with Gasteiger partial charge in [-0.25, -0.2) is 8.78 Å². The van der Waals surface area contributed by atoms with Crippen molar-refractivity contribution in [2.24, 2.45) is 0 Å². The van der Waals surface area contributed by atoms with Crippen LogP contribution in [0.25, 0.3) is 0 Å². The van der Waals surface area contributed by atoms with Crippen molar-refractivity contribution in [3.8, 4) is 5.75 Å². The van der Waals surface area contributed by atoms with Crippen LogP contribution in [0.15, 0.2) is 29.2 Å². The number of hydrogen-bond donors (Lipinski definition) is 2. The van der Waals surface area contributed by atoms with E-state index in [1.165, 1.54) is 34.9 Å². The fourth-order valence-corrected chi connectivity index (χ4v) is 3.24. The molecule has 8 nitrogen and oxygen atoms in total. The summed E-state index contributed by atoms with van der Waals surface area (Å²) in [6.45, 7) is 4.29. The van der Waals surface area contributed by atoms with Crippen molar-refractivity contribution >= 4 is 12.2 Å². The van der Waals surface area contributed by atoms with E-state index in [9.17, 15) is 28.3 Å². The highest BCUT2D eigenvalue weighted by molar-refractivity contribution is 5.96. The average molecular weight is 437 g/mol. The first-order valence-electron chi connectivity index (χ1n) is 9.51. The molecule has 1 aromatic heterocycles. The number of benzene rings is 1. The van der Waals surface area contributed by atoms with E-state index in [0.29, 0.717) is 18.4 Å². The maximum absolute atomic E-state index is 12.8. The molecule has 0 spiro atoms. The summed E-state index contributed by atoms with van der Waals surface area (Å²) in [4.78, 5) is 36.5. The van der Waals surface area contributed by atoms with Gasteiger partial charge in [-0.1, -0.05) is 6.07 Å². The molecule has 0 radical (unpaired) electrons. The monoisotopic (exact) mass is 437 g/mol. The quantitative estimate of drug-likeness (QED) is 0.693. The molecule has 0 aliphatic carbocycles. The van der Waals surface area contributed by atoms with Gasteiger partial charge in [0.1, 0.15) is 11.6 Å². The van der Waals surface area contributed by atoms with E-state index in [1.54, 1.807) is 7.05 Å². The second-order valence-electron chi connectivity index (χ2n) is 7.14. The van der Waals surface area contributed by atoms with Crippen LogP contribution in [0.4, 0.5) is 8.78 Å². The molecule has 1 amide bonds. The first-order valence-corrected chi connectivity index (χ1v) is 9.51. The Morgan fingerprint density at radius 1 is 1.32 bits per heavy atom. The van der Waals surface area contributed by atoms with Crippen molar-refractivity contribution < 1.29 is 28.2 Å². The number of carbonyl (C=O) groups excluding carboxylic acids is 2. The third-order valence-electron chi connectivity index (χ3n) is 4.72. The topological polar surface area (TPSA) is 101 Å². The zero-order chi connectivity index (χ0) is 23.3. The first kappa shape index (κ1) is 24.2. The maximum atomic E-state index is 12.8. The smallest absolute Gasteiger partial charge is 0.276 e. The number of aromatic nitrogens is 1. The van der Waals surface area contributed by atoms with Gasteiger partial charge in [0.05, 0.1) is 12.1 Å². The van der Waals surface area contributed by atoms with Gasteiger partial charge in [-0.3, -0.25) is 14.4 Å². The molecule has 168 valence electrons. The Morgan fingerprint density at radius 3 is 2.52 bits per heavy atom. The molecule has 0 unspecified atom stereocenters. The SMILES string of the molecule is CNCc1ccc(F)cc1F.CO[C@H]1Cn2cc(C=O)c(=O)c(O)c2C(=O)N1C(C)C. The molecular formula is C21H25F2N3O5. The second kappa shape index (κ2) is 10.3. The first-order chi connectivity index (χ1) is 14.7. The van der Waals surface area contributed by atoms with E-state index in [1.807, 2.05) is 13.8 Å².